The van der Waals surface area contributed by atoms with Gasteiger partial charge in [0.05, 0.1) is 6.54 Å². The van der Waals surface area contributed by atoms with Crippen molar-refractivity contribution in [1.82, 2.24) is 15.5 Å². The van der Waals surface area contributed by atoms with E-state index in [0.717, 1.165) is 50.4 Å². The van der Waals surface area contributed by atoms with Crippen LogP contribution in [0.5, 0.6) is 11.5 Å². The monoisotopic (exact) mass is 388 g/mol. The number of hydrogen-bond donors (Lipinski definition) is 2. The van der Waals surface area contributed by atoms with Crippen LogP contribution in [0.4, 0.5) is 0 Å². The maximum atomic E-state index is 12.2. The fourth-order valence-corrected chi connectivity index (χ4v) is 3.59. The van der Waals surface area contributed by atoms with E-state index >= 15 is 0 Å². The summed E-state index contributed by atoms with van der Waals surface area (Å²) in [5.74, 6) is 2.35. The number of hydrogen-bond acceptors (Lipinski definition) is 4. The van der Waals surface area contributed by atoms with Crippen LogP contribution in [-0.2, 0) is 11.2 Å². The Kier molecular flexibility index (Phi) is 6.65. The van der Waals surface area contributed by atoms with Crippen molar-refractivity contribution in [2.45, 2.75) is 45.6 Å². The molecule has 0 bridgehead atoms. The predicted molar refractivity (Wildman–Crippen MR) is 110 cm³/mol. The lowest BCUT2D eigenvalue weighted by atomic mass is 10.0. The summed E-state index contributed by atoms with van der Waals surface area (Å²) >= 11 is 0. The lowest BCUT2D eigenvalue weighted by Gasteiger charge is -2.18. The lowest BCUT2D eigenvalue weighted by molar-refractivity contribution is -0.128. The molecule has 2 aliphatic rings. The number of nitrogens with one attached hydrogen (secondary N) is 2. The topological polar surface area (TPSA) is 75.2 Å². The minimum Gasteiger partial charge on any atom is -0.488 e. The van der Waals surface area contributed by atoms with Gasteiger partial charge in [-0.3, -0.25) is 4.79 Å². The van der Waals surface area contributed by atoms with Gasteiger partial charge in [0.1, 0.15) is 18.8 Å². The normalized spacial score (nSPS) is 17.8. The Bertz CT molecular complexity index is 712. The first-order chi connectivity index (χ1) is 13.5. The standard InChI is InChI=1S/C21H32N4O3/c1-4-22-20(24-15-18(26)25-11-5-6-12-25)23-10-13-27-17-9-7-8-16-14-21(2,3)28-19(16)17/h7-9H,4-6,10-15H2,1-3H3,(H2,22,23,24). The molecule has 1 aromatic carbocycles. The second-order valence-corrected chi connectivity index (χ2v) is 7.84. The van der Waals surface area contributed by atoms with Crippen molar-refractivity contribution in [3.8, 4) is 11.5 Å². The number of fused-ring (bicyclic) bond motifs is 1. The number of aliphatic imine (C=N–C) groups is 1. The zero-order valence-electron chi connectivity index (χ0n) is 17.2. The molecule has 0 atom stereocenters. The third kappa shape index (κ3) is 5.30. The summed E-state index contributed by atoms with van der Waals surface area (Å²) in [5.41, 5.74) is 0.998. The zero-order valence-corrected chi connectivity index (χ0v) is 17.2. The summed E-state index contributed by atoms with van der Waals surface area (Å²) in [7, 11) is 0. The Labute approximate surface area is 167 Å². The molecule has 2 heterocycles. The maximum absolute atomic E-state index is 12.2. The molecular weight excluding hydrogens is 356 g/mol. The van der Waals surface area contributed by atoms with Crippen LogP contribution in [0.2, 0.25) is 0 Å². The molecule has 28 heavy (non-hydrogen) atoms. The molecule has 0 unspecified atom stereocenters. The molecule has 154 valence electrons. The van der Waals surface area contributed by atoms with Crippen molar-refractivity contribution >= 4 is 11.9 Å². The molecule has 0 aromatic heterocycles. The van der Waals surface area contributed by atoms with Crippen LogP contribution in [0, 0.1) is 0 Å². The zero-order chi connectivity index (χ0) is 20.0. The van der Waals surface area contributed by atoms with Crippen molar-refractivity contribution in [2.24, 2.45) is 4.99 Å². The first-order valence-electron chi connectivity index (χ1n) is 10.2. The lowest BCUT2D eigenvalue weighted by Crippen LogP contribution is -2.40. The number of carbonyl (C=O) groups is 1. The highest BCUT2D eigenvalue weighted by molar-refractivity contribution is 5.85. The molecule has 0 saturated carbocycles. The first-order valence-corrected chi connectivity index (χ1v) is 10.2. The van der Waals surface area contributed by atoms with E-state index in [2.05, 4.69) is 35.5 Å². The molecule has 0 spiro atoms. The number of nitrogens with zero attached hydrogens (tertiary/aromatic N) is 2. The van der Waals surface area contributed by atoms with Gasteiger partial charge in [-0.2, -0.15) is 0 Å². The van der Waals surface area contributed by atoms with Gasteiger partial charge in [-0.25, -0.2) is 4.99 Å². The van der Waals surface area contributed by atoms with Gasteiger partial charge in [0, 0.05) is 31.6 Å². The summed E-state index contributed by atoms with van der Waals surface area (Å²) in [6.45, 7) is 9.84. The van der Waals surface area contributed by atoms with Crippen LogP contribution in [0.1, 0.15) is 39.2 Å². The fourth-order valence-electron chi connectivity index (χ4n) is 3.59. The number of carbonyl (C=O) groups excluding carboxylic acids is 1. The molecule has 2 aliphatic heterocycles. The summed E-state index contributed by atoms with van der Waals surface area (Å²) in [5, 5.41) is 6.39. The van der Waals surface area contributed by atoms with Gasteiger partial charge >= 0.3 is 0 Å². The van der Waals surface area contributed by atoms with Crippen molar-refractivity contribution in [1.29, 1.82) is 0 Å². The van der Waals surface area contributed by atoms with E-state index in [4.69, 9.17) is 9.47 Å². The van der Waals surface area contributed by atoms with Crippen LogP contribution in [0.25, 0.3) is 0 Å². The molecule has 1 aromatic rings. The molecule has 1 fully saturated rings. The molecule has 7 nitrogen and oxygen atoms in total. The third-order valence-corrected chi connectivity index (χ3v) is 4.88. The minimum absolute atomic E-state index is 0.0885. The smallest absolute Gasteiger partial charge is 0.244 e. The first kappa shape index (κ1) is 20.3. The van der Waals surface area contributed by atoms with Gasteiger partial charge in [0.25, 0.3) is 0 Å². The second kappa shape index (κ2) is 9.17. The number of rotatable bonds is 7. The highest BCUT2D eigenvalue weighted by atomic mass is 16.5. The van der Waals surface area contributed by atoms with Gasteiger partial charge in [0.15, 0.2) is 17.5 Å². The average Bonchev–Trinajstić information content (AvgIpc) is 3.29. The average molecular weight is 389 g/mol. The molecule has 0 radical (unpaired) electrons. The van der Waals surface area contributed by atoms with E-state index in [-0.39, 0.29) is 18.1 Å². The van der Waals surface area contributed by atoms with Crippen molar-refractivity contribution in [3.05, 3.63) is 23.8 Å². The summed E-state index contributed by atoms with van der Waals surface area (Å²) in [6.07, 6.45) is 3.07. The molecular formula is C21H32N4O3. The van der Waals surface area contributed by atoms with Crippen LogP contribution in [0.15, 0.2) is 23.2 Å². The van der Waals surface area contributed by atoms with E-state index in [9.17, 15) is 4.79 Å². The Hall–Kier alpha value is -2.44. The summed E-state index contributed by atoms with van der Waals surface area (Å²) in [4.78, 5) is 18.4. The van der Waals surface area contributed by atoms with Gasteiger partial charge in [0.2, 0.25) is 5.91 Å². The van der Waals surface area contributed by atoms with E-state index in [1.54, 1.807) is 0 Å². The Morgan fingerprint density at radius 1 is 1.29 bits per heavy atom. The summed E-state index contributed by atoms with van der Waals surface area (Å²) in [6, 6.07) is 6.03. The largest absolute Gasteiger partial charge is 0.488 e. The van der Waals surface area contributed by atoms with Crippen LogP contribution in [-0.4, -0.2) is 61.7 Å². The molecule has 2 N–H and O–H groups in total. The molecule has 1 saturated heterocycles. The Morgan fingerprint density at radius 2 is 2.07 bits per heavy atom. The fraction of sp³-hybridized carbons (Fsp3) is 0.619. The van der Waals surface area contributed by atoms with Gasteiger partial charge in [-0.15, -0.1) is 0 Å². The number of likely N-dealkylation sites (tertiary alicyclic amines) is 1. The Morgan fingerprint density at radius 3 is 2.82 bits per heavy atom. The third-order valence-electron chi connectivity index (χ3n) is 4.88. The number of ether oxygens (including phenoxy) is 2. The van der Waals surface area contributed by atoms with E-state index < -0.39 is 0 Å². The molecule has 0 aliphatic carbocycles. The second-order valence-electron chi connectivity index (χ2n) is 7.84. The summed E-state index contributed by atoms with van der Waals surface area (Å²) < 4.78 is 12.0. The van der Waals surface area contributed by atoms with Gasteiger partial charge < -0.3 is 25.0 Å². The SMILES string of the molecule is CCNC(=NCC(=O)N1CCCC1)NCCOc1cccc2c1OC(C)(C)C2. The van der Waals surface area contributed by atoms with Crippen LogP contribution >= 0.6 is 0 Å². The van der Waals surface area contributed by atoms with Gasteiger partial charge in [-0.1, -0.05) is 12.1 Å². The van der Waals surface area contributed by atoms with Gasteiger partial charge in [-0.05, 0) is 39.7 Å². The van der Waals surface area contributed by atoms with Crippen LogP contribution < -0.4 is 20.1 Å². The van der Waals surface area contributed by atoms with Crippen molar-refractivity contribution in [3.63, 3.8) is 0 Å². The quantitative estimate of drug-likeness (QED) is 0.424. The van der Waals surface area contributed by atoms with Crippen LogP contribution in [0.3, 0.4) is 0 Å². The number of guanidine groups is 1. The molecule has 3 rings (SSSR count). The molecule has 1 amide bonds. The maximum Gasteiger partial charge on any atom is 0.244 e. The number of benzene rings is 1. The number of para-hydroxylation sites is 1. The van der Waals surface area contributed by atoms with Crippen molar-refractivity contribution < 1.29 is 14.3 Å². The van der Waals surface area contributed by atoms with E-state index in [1.165, 1.54) is 5.56 Å². The Balaban J connectivity index is 1.47. The molecule has 7 heteroatoms. The number of amides is 1. The van der Waals surface area contributed by atoms with Crippen molar-refractivity contribution in [2.75, 3.05) is 39.3 Å². The highest BCUT2D eigenvalue weighted by Gasteiger charge is 2.32. The van der Waals surface area contributed by atoms with E-state index in [1.807, 2.05) is 24.0 Å². The van der Waals surface area contributed by atoms with E-state index in [0.29, 0.717) is 19.1 Å². The minimum atomic E-state index is -0.188. The highest BCUT2D eigenvalue weighted by Crippen LogP contribution is 2.41. The predicted octanol–water partition coefficient (Wildman–Crippen LogP) is 1.96.